The number of ether oxygens (including phenoxy) is 2. The maximum Gasteiger partial charge on any atom is 0.243 e. The first-order chi connectivity index (χ1) is 14.4. The highest BCUT2D eigenvalue weighted by Crippen LogP contribution is 2.49. The number of sulfonamides is 1. The summed E-state index contributed by atoms with van der Waals surface area (Å²) in [7, 11) is -2.21. The van der Waals surface area contributed by atoms with Gasteiger partial charge in [0.15, 0.2) is 0 Å². The van der Waals surface area contributed by atoms with E-state index in [4.69, 9.17) is 21.1 Å². The molecule has 0 radical (unpaired) electrons. The Labute approximate surface area is 181 Å². The van der Waals surface area contributed by atoms with E-state index in [1.165, 1.54) is 23.5 Å². The van der Waals surface area contributed by atoms with Gasteiger partial charge in [0.05, 0.1) is 36.3 Å². The molecule has 9 heteroatoms. The van der Waals surface area contributed by atoms with E-state index < -0.39 is 15.4 Å². The summed E-state index contributed by atoms with van der Waals surface area (Å²) in [5, 5.41) is 3.50. The van der Waals surface area contributed by atoms with Crippen molar-refractivity contribution in [2.24, 2.45) is 0 Å². The lowest BCUT2D eigenvalue weighted by atomic mass is 9.95. The van der Waals surface area contributed by atoms with Crippen molar-refractivity contribution in [2.75, 3.05) is 38.7 Å². The fourth-order valence-corrected chi connectivity index (χ4v) is 5.22. The number of methoxy groups -OCH3 is 1. The maximum atomic E-state index is 13.1. The molecule has 30 heavy (non-hydrogen) atoms. The number of benzene rings is 2. The Hall–Kier alpha value is -2.13. The monoisotopic (exact) mass is 450 g/mol. The van der Waals surface area contributed by atoms with Crippen LogP contribution in [0.15, 0.2) is 47.4 Å². The standard InChI is InChI=1S/C21H23ClN2O5S/c1-28-19-7-6-17(30(26,27)24-10-12-29-13-11-24)14-18(19)23-20(25)21(8-9-21)15-2-4-16(22)5-3-15/h2-7,14H,8-13H2,1H3,(H,23,25). The van der Waals surface area contributed by atoms with Crippen molar-refractivity contribution in [2.45, 2.75) is 23.2 Å². The number of halogens is 1. The van der Waals surface area contributed by atoms with E-state index in [-0.39, 0.29) is 10.8 Å². The third kappa shape index (κ3) is 3.92. The molecule has 160 valence electrons. The van der Waals surface area contributed by atoms with Crippen LogP contribution < -0.4 is 10.1 Å². The van der Waals surface area contributed by atoms with Crippen LogP contribution in [-0.2, 0) is 25.0 Å². The molecular weight excluding hydrogens is 428 g/mol. The highest BCUT2D eigenvalue weighted by molar-refractivity contribution is 7.89. The second kappa shape index (κ2) is 8.19. The summed E-state index contributed by atoms with van der Waals surface area (Å²) in [6.07, 6.45) is 1.43. The van der Waals surface area contributed by atoms with Gasteiger partial charge in [-0.25, -0.2) is 8.42 Å². The van der Waals surface area contributed by atoms with E-state index in [1.54, 1.807) is 18.2 Å². The predicted molar refractivity (Wildman–Crippen MR) is 114 cm³/mol. The number of carbonyl (C=O) groups excluding carboxylic acids is 1. The van der Waals surface area contributed by atoms with E-state index >= 15 is 0 Å². The van der Waals surface area contributed by atoms with Gasteiger partial charge in [-0.05, 0) is 48.7 Å². The van der Waals surface area contributed by atoms with Crippen LogP contribution >= 0.6 is 11.6 Å². The molecule has 0 unspecified atom stereocenters. The van der Waals surface area contributed by atoms with E-state index in [9.17, 15) is 13.2 Å². The molecular formula is C21H23ClN2O5S. The van der Waals surface area contributed by atoms with Gasteiger partial charge in [0.1, 0.15) is 5.75 Å². The number of hydrogen-bond donors (Lipinski definition) is 1. The molecule has 1 saturated heterocycles. The Bertz CT molecular complexity index is 1050. The molecule has 1 saturated carbocycles. The summed E-state index contributed by atoms with van der Waals surface area (Å²) in [6, 6.07) is 11.7. The lowest BCUT2D eigenvalue weighted by Crippen LogP contribution is -2.40. The highest BCUT2D eigenvalue weighted by Gasteiger charge is 2.51. The van der Waals surface area contributed by atoms with Gasteiger partial charge in [0, 0.05) is 18.1 Å². The number of amides is 1. The second-order valence-corrected chi connectivity index (χ2v) is 9.80. The molecule has 4 rings (SSSR count). The lowest BCUT2D eigenvalue weighted by Gasteiger charge is -2.26. The van der Waals surface area contributed by atoms with Crippen molar-refractivity contribution in [1.82, 2.24) is 4.31 Å². The normalized spacial score (nSPS) is 18.6. The average Bonchev–Trinajstić information content (AvgIpc) is 3.57. The second-order valence-electron chi connectivity index (χ2n) is 7.42. The fraction of sp³-hybridized carbons (Fsp3) is 0.381. The van der Waals surface area contributed by atoms with Gasteiger partial charge >= 0.3 is 0 Å². The van der Waals surface area contributed by atoms with Crippen molar-refractivity contribution in [3.05, 3.63) is 53.1 Å². The van der Waals surface area contributed by atoms with E-state index in [1.807, 2.05) is 12.1 Å². The van der Waals surface area contributed by atoms with Gasteiger partial charge in [-0.15, -0.1) is 0 Å². The van der Waals surface area contributed by atoms with Crippen LogP contribution in [0.2, 0.25) is 5.02 Å². The number of hydrogen-bond acceptors (Lipinski definition) is 5. The molecule has 0 aromatic heterocycles. The number of nitrogens with one attached hydrogen (secondary N) is 1. The zero-order valence-corrected chi connectivity index (χ0v) is 18.1. The zero-order chi connectivity index (χ0) is 21.4. The fourth-order valence-electron chi connectivity index (χ4n) is 3.66. The molecule has 2 aromatic carbocycles. The Morgan fingerprint density at radius 3 is 2.40 bits per heavy atom. The smallest absolute Gasteiger partial charge is 0.243 e. The molecule has 0 bridgehead atoms. The molecule has 1 aliphatic heterocycles. The maximum absolute atomic E-state index is 13.1. The van der Waals surface area contributed by atoms with Gasteiger partial charge < -0.3 is 14.8 Å². The molecule has 7 nitrogen and oxygen atoms in total. The molecule has 1 aliphatic carbocycles. The van der Waals surface area contributed by atoms with Crippen LogP contribution in [0.5, 0.6) is 5.75 Å². The third-order valence-corrected chi connectivity index (χ3v) is 7.76. The van der Waals surface area contributed by atoms with Crippen LogP contribution in [0.4, 0.5) is 5.69 Å². The Morgan fingerprint density at radius 1 is 1.13 bits per heavy atom. The van der Waals surface area contributed by atoms with Crippen molar-refractivity contribution in [1.29, 1.82) is 0 Å². The Balaban J connectivity index is 1.61. The van der Waals surface area contributed by atoms with Gasteiger partial charge in [0.2, 0.25) is 15.9 Å². The topological polar surface area (TPSA) is 84.9 Å². The van der Waals surface area contributed by atoms with E-state index in [0.29, 0.717) is 55.6 Å². The summed E-state index contributed by atoms with van der Waals surface area (Å²) >= 11 is 5.97. The summed E-state index contributed by atoms with van der Waals surface area (Å²) < 4.78 is 38.0. The number of rotatable bonds is 6. The van der Waals surface area contributed by atoms with Crippen molar-refractivity contribution >= 4 is 33.2 Å². The van der Waals surface area contributed by atoms with Gasteiger partial charge in [-0.3, -0.25) is 4.79 Å². The van der Waals surface area contributed by atoms with Crippen LogP contribution in [0.25, 0.3) is 0 Å². The van der Waals surface area contributed by atoms with E-state index in [2.05, 4.69) is 5.32 Å². The number of anilines is 1. The van der Waals surface area contributed by atoms with Gasteiger partial charge in [-0.2, -0.15) is 4.31 Å². The number of morpholine rings is 1. The number of nitrogens with zero attached hydrogens (tertiary/aromatic N) is 1. The molecule has 1 amide bonds. The minimum absolute atomic E-state index is 0.108. The van der Waals surface area contributed by atoms with Crippen molar-refractivity contribution in [3.63, 3.8) is 0 Å². The summed E-state index contributed by atoms with van der Waals surface area (Å²) in [5.74, 6) is 0.209. The Morgan fingerprint density at radius 2 is 1.80 bits per heavy atom. The zero-order valence-electron chi connectivity index (χ0n) is 16.6. The first-order valence-electron chi connectivity index (χ1n) is 9.70. The summed E-state index contributed by atoms with van der Waals surface area (Å²) in [5.41, 5.74) is 0.590. The minimum Gasteiger partial charge on any atom is -0.495 e. The van der Waals surface area contributed by atoms with Crippen LogP contribution in [0.1, 0.15) is 18.4 Å². The van der Waals surface area contributed by atoms with Crippen molar-refractivity contribution < 1.29 is 22.7 Å². The van der Waals surface area contributed by atoms with Gasteiger partial charge in [0.25, 0.3) is 0 Å². The minimum atomic E-state index is -3.69. The molecule has 1 heterocycles. The van der Waals surface area contributed by atoms with Gasteiger partial charge in [-0.1, -0.05) is 23.7 Å². The summed E-state index contributed by atoms with van der Waals surface area (Å²) in [6.45, 7) is 1.33. The Kier molecular flexibility index (Phi) is 5.76. The predicted octanol–water partition coefficient (Wildman–Crippen LogP) is 3.04. The van der Waals surface area contributed by atoms with E-state index in [0.717, 1.165) is 5.56 Å². The molecule has 0 spiro atoms. The SMILES string of the molecule is COc1ccc(S(=O)(=O)N2CCOCC2)cc1NC(=O)C1(c2ccc(Cl)cc2)CC1. The molecule has 0 atom stereocenters. The largest absolute Gasteiger partial charge is 0.495 e. The van der Waals surface area contributed by atoms with Crippen LogP contribution in [0.3, 0.4) is 0 Å². The lowest BCUT2D eigenvalue weighted by molar-refractivity contribution is -0.118. The molecule has 1 N–H and O–H groups in total. The summed E-state index contributed by atoms with van der Waals surface area (Å²) in [4.78, 5) is 13.2. The van der Waals surface area contributed by atoms with Crippen LogP contribution in [-0.4, -0.2) is 52.0 Å². The molecule has 2 aliphatic rings. The third-order valence-electron chi connectivity index (χ3n) is 5.61. The average molecular weight is 451 g/mol. The van der Waals surface area contributed by atoms with Crippen LogP contribution in [0, 0.1) is 0 Å². The first-order valence-corrected chi connectivity index (χ1v) is 11.5. The number of carbonyl (C=O) groups is 1. The highest BCUT2D eigenvalue weighted by atomic mass is 35.5. The first kappa shape index (κ1) is 21.1. The quantitative estimate of drug-likeness (QED) is 0.731. The molecule has 2 aromatic rings. The van der Waals surface area contributed by atoms with Crippen molar-refractivity contribution in [3.8, 4) is 5.75 Å². The molecule has 2 fully saturated rings.